The van der Waals surface area contributed by atoms with Crippen LogP contribution in [0, 0.1) is 5.82 Å². The molecule has 0 bridgehead atoms. The number of imidazole rings is 1. The quantitative estimate of drug-likeness (QED) is 0.361. The molecule has 0 aliphatic heterocycles. The molecule has 0 unspecified atom stereocenters. The summed E-state index contributed by atoms with van der Waals surface area (Å²) in [7, 11) is -5.30. The Morgan fingerprint density at radius 1 is 0.973 bits per heavy atom. The van der Waals surface area contributed by atoms with Crippen molar-refractivity contribution in [2.75, 3.05) is 18.9 Å². The molecule has 9 nitrogen and oxygen atoms in total. The lowest BCUT2D eigenvalue weighted by Crippen LogP contribution is -2.28. The van der Waals surface area contributed by atoms with Crippen LogP contribution in [0.15, 0.2) is 70.7 Å². The fraction of sp³-hybridized carbons (Fsp3) is 0.240. The highest BCUT2D eigenvalue weighted by Gasteiger charge is 2.34. The number of rotatable bonds is 7. The molecule has 37 heavy (non-hydrogen) atoms. The van der Waals surface area contributed by atoms with Crippen LogP contribution in [0.3, 0.4) is 0 Å². The van der Waals surface area contributed by atoms with Gasteiger partial charge in [0.2, 0.25) is 0 Å². The van der Waals surface area contributed by atoms with Crippen LogP contribution in [-0.2, 0) is 19.9 Å². The second kappa shape index (κ2) is 9.34. The Morgan fingerprint density at radius 2 is 1.65 bits per heavy atom. The second-order valence-electron chi connectivity index (χ2n) is 9.15. The van der Waals surface area contributed by atoms with E-state index in [1.807, 2.05) is 0 Å². The van der Waals surface area contributed by atoms with Crippen molar-refractivity contribution in [3.05, 3.63) is 66.7 Å². The molecule has 0 saturated carbocycles. The summed E-state index contributed by atoms with van der Waals surface area (Å²) >= 11 is 0. The molecular formula is C25H26FN3O6S2. The summed E-state index contributed by atoms with van der Waals surface area (Å²) < 4.78 is 80.7. The molecule has 2 aromatic heterocycles. The third kappa shape index (κ3) is 4.74. The van der Waals surface area contributed by atoms with Crippen molar-refractivity contribution in [3.63, 3.8) is 0 Å². The van der Waals surface area contributed by atoms with Gasteiger partial charge in [0.15, 0.2) is 21.4 Å². The Hall–Kier alpha value is -3.64. The lowest BCUT2D eigenvalue weighted by Gasteiger charge is -2.21. The highest BCUT2D eigenvalue weighted by molar-refractivity contribution is 7.93. The van der Waals surface area contributed by atoms with Crippen LogP contribution in [-0.4, -0.2) is 45.2 Å². The number of anilines is 1. The summed E-state index contributed by atoms with van der Waals surface area (Å²) in [4.78, 5) is 4.23. The number of hydrogen-bond acceptors (Lipinski definition) is 7. The van der Waals surface area contributed by atoms with Crippen LogP contribution in [0.5, 0.6) is 11.5 Å². The van der Waals surface area contributed by atoms with E-state index in [-0.39, 0.29) is 32.5 Å². The largest absolute Gasteiger partial charge is 0.495 e. The summed E-state index contributed by atoms with van der Waals surface area (Å²) in [6, 6.07) is 11.7. The van der Waals surface area contributed by atoms with Gasteiger partial charge < -0.3 is 9.47 Å². The first-order chi connectivity index (χ1) is 17.3. The number of aromatic nitrogens is 2. The van der Waals surface area contributed by atoms with Crippen LogP contribution in [0.25, 0.3) is 16.9 Å². The number of fused-ring (bicyclic) bond motifs is 1. The van der Waals surface area contributed by atoms with Crippen molar-refractivity contribution in [3.8, 4) is 22.8 Å². The molecule has 0 spiro atoms. The number of pyridine rings is 1. The fourth-order valence-electron chi connectivity index (χ4n) is 3.72. The van der Waals surface area contributed by atoms with Gasteiger partial charge in [-0.25, -0.2) is 26.2 Å². The van der Waals surface area contributed by atoms with E-state index in [4.69, 9.17) is 9.47 Å². The zero-order valence-electron chi connectivity index (χ0n) is 20.8. The Labute approximate surface area is 214 Å². The van der Waals surface area contributed by atoms with Crippen molar-refractivity contribution in [1.82, 2.24) is 9.38 Å². The SMILES string of the molecule is COc1cc2ncc(-c3cc(F)c(OC)c(NS(=O)(=O)c4ccccc4)c3)n2cc1S(=O)(=O)C(C)(C)C. The smallest absolute Gasteiger partial charge is 0.262 e. The number of nitrogens with one attached hydrogen (secondary N) is 1. The number of hydrogen-bond donors (Lipinski definition) is 1. The summed E-state index contributed by atoms with van der Waals surface area (Å²) in [6.07, 6.45) is 2.80. The highest BCUT2D eigenvalue weighted by atomic mass is 32.2. The van der Waals surface area contributed by atoms with Gasteiger partial charge in [-0.1, -0.05) is 18.2 Å². The van der Waals surface area contributed by atoms with E-state index in [2.05, 4.69) is 9.71 Å². The molecule has 2 heterocycles. The van der Waals surface area contributed by atoms with Crippen molar-refractivity contribution < 1.29 is 30.7 Å². The topological polar surface area (TPSA) is 116 Å². The molecule has 0 atom stereocenters. The zero-order chi connectivity index (χ0) is 27.2. The van der Waals surface area contributed by atoms with Gasteiger partial charge in [-0.2, -0.15) is 0 Å². The predicted molar refractivity (Wildman–Crippen MR) is 138 cm³/mol. The van der Waals surface area contributed by atoms with Crippen LogP contribution in [0.2, 0.25) is 0 Å². The molecule has 12 heteroatoms. The normalized spacial score (nSPS) is 12.5. The molecule has 4 rings (SSSR count). The Morgan fingerprint density at radius 3 is 2.24 bits per heavy atom. The minimum atomic E-state index is -4.06. The number of ether oxygens (including phenoxy) is 2. The number of sulfone groups is 1. The fourth-order valence-corrected chi connectivity index (χ4v) is 6.11. The molecule has 0 amide bonds. The first kappa shape index (κ1) is 26.4. The molecule has 0 aliphatic carbocycles. The summed E-state index contributed by atoms with van der Waals surface area (Å²) in [5.74, 6) is -0.997. The minimum Gasteiger partial charge on any atom is -0.495 e. The predicted octanol–water partition coefficient (Wildman–Crippen LogP) is 4.53. The van der Waals surface area contributed by atoms with Gasteiger partial charge >= 0.3 is 0 Å². The van der Waals surface area contributed by atoms with Crippen LogP contribution in [0.4, 0.5) is 10.1 Å². The molecule has 0 aliphatic rings. The van der Waals surface area contributed by atoms with Crippen molar-refractivity contribution in [2.45, 2.75) is 35.3 Å². The van der Waals surface area contributed by atoms with Crippen molar-refractivity contribution in [1.29, 1.82) is 0 Å². The molecule has 0 fully saturated rings. The maximum absolute atomic E-state index is 15.1. The van der Waals surface area contributed by atoms with Crippen molar-refractivity contribution in [2.24, 2.45) is 0 Å². The number of benzene rings is 2. The van der Waals surface area contributed by atoms with Crippen molar-refractivity contribution >= 4 is 31.2 Å². The maximum atomic E-state index is 15.1. The van der Waals surface area contributed by atoms with E-state index in [0.29, 0.717) is 11.3 Å². The third-order valence-electron chi connectivity index (χ3n) is 5.73. The zero-order valence-corrected chi connectivity index (χ0v) is 22.4. The van der Waals surface area contributed by atoms with E-state index in [1.165, 1.54) is 55.3 Å². The van der Waals surface area contributed by atoms with E-state index in [1.54, 1.807) is 39.0 Å². The first-order valence-corrected chi connectivity index (χ1v) is 14.0. The number of nitrogens with zero attached hydrogens (tertiary/aromatic N) is 2. The van der Waals surface area contributed by atoms with Crippen LogP contribution < -0.4 is 14.2 Å². The third-order valence-corrected chi connectivity index (χ3v) is 9.61. The van der Waals surface area contributed by atoms with Gasteiger partial charge in [0.05, 0.1) is 41.4 Å². The van der Waals surface area contributed by atoms with E-state index in [9.17, 15) is 16.8 Å². The molecule has 1 N–H and O–H groups in total. The number of sulfonamides is 1. The Bertz CT molecular complexity index is 1690. The van der Waals surface area contributed by atoms with E-state index >= 15 is 4.39 Å². The van der Waals surface area contributed by atoms with E-state index in [0.717, 1.165) is 6.07 Å². The second-order valence-corrected chi connectivity index (χ2v) is 13.5. The summed E-state index contributed by atoms with van der Waals surface area (Å²) in [5, 5.41) is 0. The van der Waals surface area contributed by atoms with Crippen LogP contribution >= 0.6 is 0 Å². The summed E-state index contributed by atoms with van der Waals surface area (Å²) in [5.41, 5.74) is 0.778. The van der Waals surface area contributed by atoms with Gasteiger partial charge in [-0.15, -0.1) is 0 Å². The molecule has 196 valence electrons. The first-order valence-electron chi connectivity index (χ1n) is 11.1. The molecule has 0 saturated heterocycles. The minimum absolute atomic E-state index is 0.0122. The summed E-state index contributed by atoms with van der Waals surface area (Å²) in [6.45, 7) is 4.72. The number of halogens is 1. The maximum Gasteiger partial charge on any atom is 0.262 e. The standard InChI is InChI=1S/C25H26FN3O6S2/c1-25(2,3)36(30,31)22-15-29-20(14-27-23(29)13-21(22)34-4)16-11-18(26)24(35-5)19(12-16)28-37(32,33)17-9-7-6-8-10-17/h6-15,28H,1-5H3. The lowest BCUT2D eigenvalue weighted by atomic mass is 10.1. The van der Waals surface area contributed by atoms with Gasteiger partial charge in [0.25, 0.3) is 10.0 Å². The van der Waals surface area contributed by atoms with Crippen LogP contribution in [0.1, 0.15) is 20.8 Å². The average molecular weight is 548 g/mol. The van der Waals surface area contributed by atoms with Gasteiger partial charge in [-0.3, -0.25) is 9.12 Å². The number of methoxy groups -OCH3 is 2. The van der Waals surface area contributed by atoms with Gasteiger partial charge in [0, 0.05) is 17.8 Å². The van der Waals surface area contributed by atoms with Gasteiger partial charge in [-0.05, 0) is 45.0 Å². The monoisotopic (exact) mass is 547 g/mol. The molecule has 2 aromatic carbocycles. The molecule has 4 aromatic rings. The average Bonchev–Trinajstić information content (AvgIpc) is 3.25. The highest BCUT2D eigenvalue weighted by Crippen LogP contribution is 2.37. The van der Waals surface area contributed by atoms with E-state index < -0.39 is 30.4 Å². The van der Waals surface area contributed by atoms with Gasteiger partial charge in [0.1, 0.15) is 16.3 Å². The Kier molecular flexibility index (Phi) is 6.67. The molecular weight excluding hydrogens is 521 g/mol. The Balaban J connectivity index is 1.91. The lowest BCUT2D eigenvalue weighted by molar-refractivity contribution is 0.389. The molecule has 0 radical (unpaired) electrons.